The van der Waals surface area contributed by atoms with Crippen LogP contribution in [0.3, 0.4) is 0 Å². The first-order valence-corrected chi connectivity index (χ1v) is 7.75. The Balaban J connectivity index is 1.77. The molecule has 0 unspecified atom stereocenters. The molecule has 116 valence electrons. The summed E-state index contributed by atoms with van der Waals surface area (Å²) in [6.07, 6.45) is 3.54. The molecule has 3 rings (SSSR count). The van der Waals surface area contributed by atoms with E-state index in [0.717, 1.165) is 11.3 Å². The molecule has 1 amide bonds. The van der Waals surface area contributed by atoms with Gasteiger partial charge in [-0.2, -0.15) is 5.10 Å². The van der Waals surface area contributed by atoms with Gasteiger partial charge in [-0.3, -0.25) is 4.79 Å². The van der Waals surface area contributed by atoms with Gasteiger partial charge in [-0.15, -0.1) is 0 Å². The summed E-state index contributed by atoms with van der Waals surface area (Å²) in [5.74, 6) is -0.662. The molecule has 0 aliphatic carbocycles. The molecule has 0 aliphatic rings. The number of aromatic nitrogens is 2. The molecular weight excluding hydrogens is 361 g/mol. The zero-order valence-electron chi connectivity index (χ0n) is 12.0. The molecule has 6 heteroatoms. The second-order valence-electron chi connectivity index (χ2n) is 4.89. The summed E-state index contributed by atoms with van der Waals surface area (Å²) in [4.78, 5) is 12.3. The van der Waals surface area contributed by atoms with Crippen molar-refractivity contribution in [2.24, 2.45) is 0 Å². The number of nitrogens with one attached hydrogen (secondary N) is 1. The van der Waals surface area contributed by atoms with Gasteiger partial charge in [0.25, 0.3) is 5.91 Å². The fourth-order valence-corrected chi connectivity index (χ4v) is 2.77. The van der Waals surface area contributed by atoms with Crippen LogP contribution in [0.25, 0.3) is 5.69 Å². The van der Waals surface area contributed by atoms with Gasteiger partial charge >= 0.3 is 0 Å². The lowest BCUT2D eigenvalue weighted by atomic mass is 10.1. The number of nitrogens with zero attached hydrogens (tertiary/aromatic N) is 2. The molecule has 0 atom stereocenters. The Kier molecular flexibility index (Phi) is 4.52. The number of hydrogen-bond acceptors (Lipinski definition) is 2. The molecule has 0 radical (unpaired) electrons. The van der Waals surface area contributed by atoms with Crippen LogP contribution in [-0.4, -0.2) is 15.7 Å². The lowest BCUT2D eigenvalue weighted by Crippen LogP contribution is -2.24. The highest BCUT2D eigenvalue weighted by Gasteiger charge is 2.12. The highest BCUT2D eigenvalue weighted by Crippen LogP contribution is 2.18. The van der Waals surface area contributed by atoms with Crippen molar-refractivity contribution in [1.29, 1.82) is 0 Å². The molecular formula is C17H13BrFN3O. The van der Waals surface area contributed by atoms with Crippen LogP contribution < -0.4 is 5.32 Å². The van der Waals surface area contributed by atoms with Crippen LogP contribution in [0.2, 0.25) is 0 Å². The normalized spacial score (nSPS) is 10.5. The topological polar surface area (TPSA) is 46.9 Å². The standard InChI is InChI=1S/C17H13BrFN3O/c18-15-10-13(19)6-7-14(15)17(23)20-11-12-4-1-2-5-16(12)22-9-3-8-21-22/h1-10H,11H2,(H,20,23). The van der Waals surface area contributed by atoms with Gasteiger partial charge in [0.1, 0.15) is 5.82 Å². The van der Waals surface area contributed by atoms with E-state index in [1.165, 1.54) is 18.2 Å². The van der Waals surface area contributed by atoms with E-state index in [1.54, 1.807) is 10.9 Å². The van der Waals surface area contributed by atoms with Crippen molar-refractivity contribution in [3.63, 3.8) is 0 Å². The third-order valence-corrected chi connectivity index (χ3v) is 4.01. The molecule has 0 saturated heterocycles. The van der Waals surface area contributed by atoms with E-state index in [9.17, 15) is 9.18 Å². The van der Waals surface area contributed by atoms with E-state index in [2.05, 4.69) is 26.3 Å². The zero-order chi connectivity index (χ0) is 16.2. The summed E-state index contributed by atoms with van der Waals surface area (Å²) in [5.41, 5.74) is 2.22. The summed E-state index contributed by atoms with van der Waals surface area (Å²) < 4.78 is 15.3. The molecule has 1 aromatic heterocycles. The van der Waals surface area contributed by atoms with Gasteiger partial charge in [0, 0.05) is 23.4 Å². The van der Waals surface area contributed by atoms with Crippen molar-refractivity contribution in [1.82, 2.24) is 15.1 Å². The zero-order valence-corrected chi connectivity index (χ0v) is 13.6. The number of amides is 1. The van der Waals surface area contributed by atoms with E-state index in [0.29, 0.717) is 16.6 Å². The number of halogens is 2. The van der Waals surface area contributed by atoms with Gasteiger partial charge in [0.05, 0.1) is 11.3 Å². The molecule has 4 nitrogen and oxygen atoms in total. The number of carbonyl (C=O) groups is 1. The first-order valence-electron chi connectivity index (χ1n) is 6.96. The predicted octanol–water partition coefficient (Wildman–Crippen LogP) is 3.70. The maximum absolute atomic E-state index is 13.1. The monoisotopic (exact) mass is 373 g/mol. The van der Waals surface area contributed by atoms with Crippen LogP contribution in [0.4, 0.5) is 4.39 Å². The minimum absolute atomic E-state index is 0.271. The lowest BCUT2D eigenvalue weighted by Gasteiger charge is -2.11. The van der Waals surface area contributed by atoms with Gasteiger partial charge in [0.15, 0.2) is 0 Å². The van der Waals surface area contributed by atoms with Gasteiger partial charge in [0.2, 0.25) is 0 Å². The van der Waals surface area contributed by atoms with Crippen LogP contribution >= 0.6 is 15.9 Å². The van der Waals surface area contributed by atoms with E-state index in [4.69, 9.17) is 0 Å². The van der Waals surface area contributed by atoms with Crippen molar-refractivity contribution in [3.05, 3.63) is 82.3 Å². The van der Waals surface area contributed by atoms with Crippen molar-refractivity contribution in [3.8, 4) is 5.69 Å². The molecule has 23 heavy (non-hydrogen) atoms. The second kappa shape index (κ2) is 6.75. The van der Waals surface area contributed by atoms with Crippen LogP contribution in [0.5, 0.6) is 0 Å². The quantitative estimate of drug-likeness (QED) is 0.757. The Bertz CT molecular complexity index is 834. The molecule has 1 N–H and O–H groups in total. The highest BCUT2D eigenvalue weighted by molar-refractivity contribution is 9.10. The Morgan fingerprint density at radius 3 is 2.78 bits per heavy atom. The molecule has 0 fully saturated rings. The minimum Gasteiger partial charge on any atom is -0.348 e. The Morgan fingerprint density at radius 1 is 1.22 bits per heavy atom. The minimum atomic E-state index is -0.391. The fraction of sp³-hybridized carbons (Fsp3) is 0.0588. The first kappa shape index (κ1) is 15.4. The third kappa shape index (κ3) is 3.48. The van der Waals surface area contributed by atoms with E-state index in [1.807, 2.05) is 36.5 Å². The van der Waals surface area contributed by atoms with Crippen LogP contribution in [0, 0.1) is 5.82 Å². The summed E-state index contributed by atoms with van der Waals surface area (Å²) >= 11 is 3.20. The van der Waals surface area contributed by atoms with Gasteiger partial charge in [-0.25, -0.2) is 9.07 Å². The van der Waals surface area contributed by atoms with Crippen molar-refractivity contribution in [2.45, 2.75) is 6.54 Å². The maximum Gasteiger partial charge on any atom is 0.252 e. The van der Waals surface area contributed by atoms with E-state index in [-0.39, 0.29) is 5.91 Å². The summed E-state index contributed by atoms with van der Waals surface area (Å²) in [7, 11) is 0. The van der Waals surface area contributed by atoms with Crippen LogP contribution in [0.1, 0.15) is 15.9 Å². The number of hydrogen-bond donors (Lipinski definition) is 1. The number of rotatable bonds is 4. The van der Waals surface area contributed by atoms with Crippen molar-refractivity contribution < 1.29 is 9.18 Å². The van der Waals surface area contributed by atoms with Crippen molar-refractivity contribution in [2.75, 3.05) is 0 Å². The molecule has 0 saturated carbocycles. The van der Waals surface area contributed by atoms with Crippen LogP contribution in [0.15, 0.2) is 65.4 Å². The Hall–Kier alpha value is -2.47. The maximum atomic E-state index is 13.1. The number of para-hydroxylation sites is 1. The number of benzene rings is 2. The van der Waals surface area contributed by atoms with Crippen LogP contribution in [-0.2, 0) is 6.54 Å². The molecule has 3 aromatic rings. The van der Waals surface area contributed by atoms with Crippen molar-refractivity contribution >= 4 is 21.8 Å². The van der Waals surface area contributed by atoms with E-state index < -0.39 is 5.82 Å². The molecule has 1 heterocycles. The molecule has 0 spiro atoms. The fourth-order valence-electron chi connectivity index (χ4n) is 2.24. The Labute approximate surface area is 141 Å². The first-order chi connectivity index (χ1) is 11.1. The largest absolute Gasteiger partial charge is 0.348 e. The third-order valence-electron chi connectivity index (χ3n) is 3.36. The molecule has 2 aromatic carbocycles. The lowest BCUT2D eigenvalue weighted by molar-refractivity contribution is 0.0950. The van der Waals surface area contributed by atoms with Gasteiger partial charge in [-0.1, -0.05) is 18.2 Å². The predicted molar refractivity (Wildman–Crippen MR) is 88.8 cm³/mol. The summed E-state index contributed by atoms with van der Waals surface area (Å²) in [6.45, 7) is 0.346. The highest BCUT2D eigenvalue weighted by atomic mass is 79.9. The smallest absolute Gasteiger partial charge is 0.252 e. The average Bonchev–Trinajstić information content (AvgIpc) is 3.07. The SMILES string of the molecule is O=C(NCc1ccccc1-n1cccn1)c1ccc(F)cc1Br. The molecule has 0 bridgehead atoms. The van der Waals surface area contributed by atoms with Gasteiger partial charge < -0.3 is 5.32 Å². The Morgan fingerprint density at radius 2 is 2.04 bits per heavy atom. The van der Waals surface area contributed by atoms with Gasteiger partial charge in [-0.05, 0) is 51.8 Å². The molecule has 0 aliphatic heterocycles. The summed E-state index contributed by atoms with van der Waals surface area (Å²) in [6, 6.07) is 13.5. The summed E-state index contributed by atoms with van der Waals surface area (Å²) in [5, 5.41) is 7.06. The second-order valence-corrected chi connectivity index (χ2v) is 5.74. The average molecular weight is 374 g/mol. The van der Waals surface area contributed by atoms with E-state index >= 15 is 0 Å². The number of carbonyl (C=O) groups excluding carboxylic acids is 1.